The summed E-state index contributed by atoms with van der Waals surface area (Å²) in [6.45, 7) is 4.24. The highest BCUT2D eigenvalue weighted by Gasteiger charge is 2.15. The van der Waals surface area contributed by atoms with Crippen molar-refractivity contribution in [3.63, 3.8) is 0 Å². The minimum atomic E-state index is -3.72. The Morgan fingerprint density at radius 2 is 1.71 bits per heavy atom. The molecule has 0 bridgehead atoms. The van der Waals surface area contributed by atoms with Gasteiger partial charge >= 0.3 is 5.69 Å². The molecule has 7 heteroatoms. The first-order valence-electron chi connectivity index (χ1n) is 7.74. The van der Waals surface area contributed by atoms with E-state index in [-0.39, 0.29) is 10.6 Å². The molecule has 0 aliphatic carbocycles. The number of benzene rings is 2. The second kappa shape index (κ2) is 6.16. The van der Waals surface area contributed by atoms with Gasteiger partial charge < -0.3 is 9.97 Å². The maximum atomic E-state index is 12.5. The summed E-state index contributed by atoms with van der Waals surface area (Å²) in [6.07, 6.45) is 1.03. The molecule has 0 spiro atoms. The molecule has 1 unspecified atom stereocenters. The summed E-state index contributed by atoms with van der Waals surface area (Å²) in [7, 11) is -3.72. The Kier molecular flexibility index (Phi) is 4.19. The molecule has 2 aromatic carbocycles. The molecule has 0 fully saturated rings. The molecule has 1 atom stereocenters. The predicted molar refractivity (Wildman–Crippen MR) is 94.9 cm³/mol. The van der Waals surface area contributed by atoms with Crippen LogP contribution in [0.3, 0.4) is 0 Å². The van der Waals surface area contributed by atoms with Gasteiger partial charge in [0.1, 0.15) is 0 Å². The van der Waals surface area contributed by atoms with Gasteiger partial charge in [0.15, 0.2) is 0 Å². The number of hydrogen-bond donors (Lipinski definition) is 3. The van der Waals surface area contributed by atoms with Crippen molar-refractivity contribution in [2.24, 2.45) is 0 Å². The van der Waals surface area contributed by atoms with Crippen LogP contribution in [0.4, 0.5) is 5.69 Å². The maximum Gasteiger partial charge on any atom is 0.323 e. The van der Waals surface area contributed by atoms with Crippen LogP contribution in [-0.4, -0.2) is 18.4 Å². The molecule has 126 valence electrons. The maximum absolute atomic E-state index is 12.5. The Morgan fingerprint density at radius 1 is 1.04 bits per heavy atom. The zero-order chi connectivity index (χ0) is 17.3. The van der Waals surface area contributed by atoms with Crippen LogP contribution >= 0.6 is 0 Å². The minimum Gasteiger partial charge on any atom is -0.306 e. The highest BCUT2D eigenvalue weighted by atomic mass is 32.2. The largest absolute Gasteiger partial charge is 0.323 e. The Labute approximate surface area is 140 Å². The molecule has 3 rings (SSSR count). The fraction of sp³-hybridized carbons (Fsp3) is 0.235. The highest BCUT2D eigenvalue weighted by Crippen LogP contribution is 2.23. The molecule has 1 aromatic heterocycles. The molecule has 3 aromatic rings. The van der Waals surface area contributed by atoms with Crippen molar-refractivity contribution in [3.8, 4) is 0 Å². The monoisotopic (exact) mass is 345 g/mol. The first-order valence-corrected chi connectivity index (χ1v) is 9.22. The summed E-state index contributed by atoms with van der Waals surface area (Å²) < 4.78 is 27.6. The fourth-order valence-corrected chi connectivity index (χ4v) is 3.59. The van der Waals surface area contributed by atoms with E-state index in [4.69, 9.17) is 0 Å². The van der Waals surface area contributed by atoms with Crippen LogP contribution in [-0.2, 0) is 10.0 Å². The number of sulfonamides is 1. The summed E-state index contributed by atoms with van der Waals surface area (Å²) in [6, 6.07) is 11.8. The van der Waals surface area contributed by atoms with E-state index >= 15 is 0 Å². The smallest absolute Gasteiger partial charge is 0.306 e. The summed E-state index contributed by atoms with van der Waals surface area (Å²) in [5.41, 5.74) is 2.33. The number of aromatic amines is 2. The van der Waals surface area contributed by atoms with Crippen molar-refractivity contribution < 1.29 is 8.42 Å². The van der Waals surface area contributed by atoms with Gasteiger partial charge in [-0.15, -0.1) is 0 Å². The Hall–Kier alpha value is -2.54. The van der Waals surface area contributed by atoms with Gasteiger partial charge in [0.05, 0.1) is 15.9 Å². The van der Waals surface area contributed by atoms with Crippen LogP contribution in [0, 0.1) is 0 Å². The van der Waals surface area contributed by atoms with Crippen molar-refractivity contribution >= 4 is 26.7 Å². The lowest BCUT2D eigenvalue weighted by Gasteiger charge is -2.11. The van der Waals surface area contributed by atoms with E-state index in [0.717, 1.165) is 6.42 Å². The molecular formula is C17H19N3O3S. The first-order chi connectivity index (χ1) is 11.4. The molecule has 24 heavy (non-hydrogen) atoms. The highest BCUT2D eigenvalue weighted by molar-refractivity contribution is 7.92. The van der Waals surface area contributed by atoms with Gasteiger partial charge in [-0.05, 0) is 48.2 Å². The number of hydrogen-bond acceptors (Lipinski definition) is 3. The summed E-state index contributed by atoms with van der Waals surface area (Å²) in [4.78, 5) is 16.5. The van der Waals surface area contributed by atoms with Crippen molar-refractivity contribution in [1.29, 1.82) is 0 Å². The number of fused-ring (bicyclic) bond motifs is 1. The topological polar surface area (TPSA) is 94.8 Å². The molecule has 0 radical (unpaired) electrons. The Morgan fingerprint density at radius 3 is 2.38 bits per heavy atom. The second-order valence-corrected chi connectivity index (χ2v) is 7.51. The zero-order valence-corrected chi connectivity index (χ0v) is 14.3. The Balaban J connectivity index is 1.88. The number of rotatable bonds is 5. The molecule has 0 aliphatic rings. The van der Waals surface area contributed by atoms with Gasteiger partial charge in [0.2, 0.25) is 0 Å². The molecule has 1 heterocycles. The third-order valence-electron chi connectivity index (χ3n) is 4.14. The van der Waals surface area contributed by atoms with E-state index in [1.165, 1.54) is 17.7 Å². The number of nitrogens with one attached hydrogen (secondary N) is 3. The van der Waals surface area contributed by atoms with Gasteiger partial charge in [-0.2, -0.15) is 0 Å². The average molecular weight is 345 g/mol. The van der Waals surface area contributed by atoms with E-state index in [1.54, 1.807) is 18.2 Å². The van der Waals surface area contributed by atoms with E-state index in [2.05, 4.69) is 28.5 Å². The van der Waals surface area contributed by atoms with Crippen LogP contribution < -0.4 is 10.4 Å². The molecular weight excluding hydrogens is 326 g/mol. The quantitative estimate of drug-likeness (QED) is 0.663. The number of imidazole rings is 1. The molecule has 0 amide bonds. The third-order valence-corrected chi connectivity index (χ3v) is 5.52. The average Bonchev–Trinajstić information content (AvgIpc) is 2.93. The van der Waals surface area contributed by atoms with Crippen molar-refractivity contribution in [3.05, 3.63) is 58.5 Å². The molecule has 3 N–H and O–H groups in total. The van der Waals surface area contributed by atoms with E-state index in [9.17, 15) is 13.2 Å². The molecule has 6 nitrogen and oxygen atoms in total. The van der Waals surface area contributed by atoms with Gasteiger partial charge in [0.25, 0.3) is 10.0 Å². The normalized spacial score (nSPS) is 13.1. The number of anilines is 1. The summed E-state index contributed by atoms with van der Waals surface area (Å²) >= 11 is 0. The van der Waals surface area contributed by atoms with Crippen molar-refractivity contribution in [2.45, 2.75) is 31.1 Å². The zero-order valence-electron chi connectivity index (χ0n) is 13.5. The minimum absolute atomic E-state index is 0.0938. The van der Waals surface area contributed by atoms with Gasteiger partial charge in [-0.25, -0.2) is 13.2 Å². The van der Waals surface area contributed by atoms with E-state index < -0.39 is 10.0 Å². The van der Waals surface area contributed by atoms with Crippen LogP contribution in [0.1, 0.15) is 31.7 Å². The van der Waals surface area contributed by atoms with Crippen molar-refractivity contribution in [1.82, 2.24) is 9.97 Å². The lowest BCUT2D eigenvalue weighted by molar-refractivity contribution is 0.601. The predicted octanol–water partition coefficient (Wildman–Crippen LogP) is 3.17. The standard InChI is InChI=1S/C17H19N3O3S/c1-3-11(2)12-4-6-13(7-5-12)20-24(22,23)14-8-9-15-16(10-14)19-17(21)18-15/h4-11,20H,3H2,1-2H3,(H2,18,19,21). The lowest BCUT2D eigenvalue weighted by atomic mass is 9.99. The van der Waals surface area contributed by atoms with Crippen LogP contribution in [0.15, 0.2) is 52.2 Å². The fourth-order valence-electron chi connectivity index (χ4n) is 2.51. The third kappa shape index (κ3) is 3.21. The number of aromatic nitrogens is 2. The van der Waals surface area contributed by atoms with Gasteiger partial charge in [-0.3, -0.25) is 4.72 Å². The van der Waals surface area contributed by atoms with Gasteiger partial charge in [0, 0.05) is 5.69 Å². The summed E-state index contributed by atoms with van der Waals surface area (Å²) in [5.74, 6) is 0.434. The molecule has 0 saturated carbocycles. The molecule has 0 saturated heterocycles. The summed E-state index contributed by atoms with van der Waals surface area (Å²) in [5, 5.41) is 0. The Bertz CT molecular complexity index is 1020. The number of H-pyrrole nitrogens is 2. The van der Waals surface area contributed by atoms with Crippen LogP contribution in [0.5, 0.6) is 0 Å². The van der Waals surface area contributed by atoms with E-state index in [1.807, 2.05) is 12.1 Å². The van der Waals surface area contributed by atoms with Crippen molar-refractivity contribution in [2.75, 3.05) is 4.72 Å². The lowest BCUT2D eigenvalue weighted by Crippen LogP contribution is -2.13. The molecule has 0 aliphatic heterocycles. The SMILES string of the molecule is CCC(C)c1ccc(NS(=O)(=O)c2ccc3[nH]c(=O)[nH]c3c2)cc1. The first kappa shape index (κ1) is 16.3. The van der Waals surface area contributed by atoms with E-state index in [0.29, 0.717) is 22.6 Å². The second-order valence-electron chi connectivity index (χ2n) is 5.82. The van der Waals surface area contributed by atoms with Gasteiger partial charge in [-0.1, -0.05) is 26.0 Å². The van der Waals surface area contributed by atoms with Crippen LogP contribution in [0.25, 0.3) is 11.0 Å². The van der Waals surface area contributed by atoms with Crippen LogP contribution in [0.2, 0.25) is 0 Å².